The van der Waals surface area contributed by atoms with Crippen molar-refractivity contribution in [2.45, 2.75) is 13.8 Å². The first-order valence-electron chi connectivity index (χ1n) is 6.21. The smallest absolute Gasteiger partial charge is 0.321 e. The quantitative estimate of drug-likeness (QED) is 0.516. The Bertz CT molecular complexity index is 331. The van der Waals surface area contributed by atoms with E-state index in [1.165, 1.54) is 6.08 Å². The second-order valence-electron chi connectivity index (χ2n) is 3.80. The zero-order chi connectivity index (χ0) is 14.7. The van der Waals surface area contributed by atoms with Crippen LogP contribution in [0.3, 0.4) is 0 Å². The molecule has 0 aliphatic heterocycles. The fourth-order valence-electron chi connectivity index (χ4n) is 1.31. The molecular weight excluding hydrogens is 248 g/mol. The summed E-state index contributed by atoms with van der Waals surface area (Å²) >= 11 is 0. The molecule has 0 bridgehead atoms. The lowest BCUT2D eigenvalue weighted by molar-refractivity contribution is -0.124. The Morgan fingerprint density at radius 3 is 2.26 bits per heavy atom. The third-order valence-corrected chi connectivity index (χ3v) is 2.22. The van der Waals surface area contributed by atoms with Crippen molar-refractivity contribution in [2.24, 2.45) is 0 Å². The van der Waals surface area contributed by atoms with E-state index in [0.717, 1.165) is 0 Å². The standard InChI is InChI=1S/C12H22N4O3/c1-4-7-14-12(19)15-11(18)9-16(6-3)8-10(17)13-5-2/h4H,1,5-9H2,2-3H3,(H,13,17)(H2,14,15,18,19). The molecule has 0 saturated heterocycles. The van der Waals surface area contributed by atoms with Gasteiger partial charge in [-0.1, -0.05) is 13.0 Å². The molecule has 0 aromatic rings. The van der Waals surface area contributed by atoms with Gasteiger partial charge in [-0.15, -0.1) is 6.58 Å². The van der Waals surface area contributed by atoms with Crippen LogP contribution in [0, 0.1) is 0 Å². The van der Waals surface area contributed by atoms with E-state index in [9.17, 15) is 14.4 Å². The Labute approximate surface area is 113 Å². The number of nitrogens with one attached hydrogen (secondary N) is 3. The molecule has 0 aromatic carbocycles. The molecule has 3 N–H and O–H groups in total. The molecule has 7 nitrogen and oxygen atoms in total. The fourth-order valence-corrected chi connectivity index (χ4v) is 1.31. The Balaban J connectivity index is 4.08. The van der Waals surface area contributed by atoms with E-state index in [2.05, 4.69) is 22.5 Å². The molecule has 19 heavy (non-hydrogen) atoms. The molecule has 0 aliphatic carbocycles. The second-order valence-corrected chi connectivity index (χ2v) is 3.80. The van der Waals surface area contributed by atoms with Crippen molar-refractivity contribution in [3.63, 3.8) is 0 Å². The average molecular weight is 270 g/mol. The summed E-state index contributed by atoms with van der Waals surface area (Å²) in [4.78, 5) is 35.8. The van der Waals surface area contributed by atoms with Crippen molar-refractivity contribution in [3.8, 4) is 0 Å². The van der Waals surface area contributed by atoms with Gasteiger partial charge in [0.15, 0.2) is 0 Å². The maximum Gasteiger partial charge on any atom is 0.321 e. The Kier molecular flexibility index (Phi) is 9.07. The first-order chi connectivity index (χ1) is 9.03. The van der Waals surface area contributed by atoms with Crippen LogP contribution < -0.4 is 16.0 Å². The summed E-state index contributed by atoms with van der Waals surface area (Å²) in [5.74, 6) is -0.596. The molecule has 108 valence electrons. The van der Waals surface area contributed by atoms with Crippen molar-refractivity contribution in [2.75, 3.05) is 32.7 Å². The molecule has 4 amide bonds. The predicted molar refractivity (Wildman–Crippen MR) is 72.5 cm³/mol. The first kappa shape index (κ1) is 17.1. The number of urea groups is 1. The molecule has 0 saturated carbocycles. The van der Waals surface area contributed by atoms with Gasteiger partial charge in [0.2, 0.25) is 11.8 Å². The normalized spacial score (nSPS) is 9.84. The first-order valence-corrected chi connectivity index (χ1v) is 6.21. The van der Waals surface area contributed by atoms with Gasteiger partial charge in [-0.2, -0.15) is 0 Å². The number of hydrogen-bond donors (Lipinski definition) is 3. The molecule has 0 heterocycles. The molecule has 0 aromatic heterocycles. The number of carbonyl (C=O) groups is 3. The molecule has 0 rings (SSSR count). The van der Waals surface area contributed by atoms with Crippen molar-refractivity contribution in [1.82, 2.24) is 20.9 Å². The van der Waals surface area contributed by atoms with Crippen LogP contribution in [0.1, 0.15) is 13.8 Å². The lowest BCUT2D eigenvalue weighted by atomic mass is 10.4. The number of likely N-dealkylation sites (N-methyl/N-ethyl adjacent to an activating group) is 2. The topological polar surface area (TPSA) is 90.5 Å². The van der Waals surface area contributed by atoms with Gasteiger partial charge in [-0.3, -0.25) is 19.8 Å². The number of hydrogen-bond acceptors (Lipinski definition) is 4. The van der Waals surface area contributed by atoms with Crippen LogP contribution in [-0.4, -0.2) is 55.5 Å². The predicted octanol–water partition coefficient (Wildman–Crippen LogP) is -0.544. The monoisotopic (exact) mass is 270 g/mol. The minimum absolute atomic E-state index is 0.00482. The summed E-state index contributed by atoms with van der Waals surface area (Å²) in [5, 5.41) is 7.25. The number of imide groups is 1. The maximum absolute atomic E-state index is 11.6. The van der Waals surface area contributed by atoms with Crippen LogP contribution in [-0.2, 0) is 9.59 Å². The third kappa shape index (κ3) is 8.78. The molecule has 0 aliphatic rings. The highest BCUT2D eigenvalue weighted by Gasteiger charge is 2.14. The van der Waals surface area contributed by atoms with Crippen LogP contribution in [0.4, 0.5) is 4.79 Å². The number of rotatable bonds is 8. The Morgan fingerprint density at radius 1 is 1.11 bits per heavy atom. The molecule has 0 radical (unpaired) electrons. The van der Waals surface area contributed by atoms with Crippen molar-refractivity contribution in [3.05, 3.63) is 12.7 Å². The maximum atomic E-state index is 11.6. The number of amides is 4. The molecule has 0 fully saturated rings. The van der Waals surface area contributed by atoms with Gasteiger partial charge in [0.25, 0.3) is 0 Å². The van der Waals surface area contributed by atoms with Gasteiger partial charge in [-0.05, 0) is 13.5 Å². The molecular formula is C12H22N4O3. The van der Waals surface area contributed by atoms with Crippen LogP contribution >= 0.6 is 0 Å². The van der Waals surface area contributed by atoms with Crippen LogP contribution in [0.5, 0.6) is 0 Å². The lowest BCUT2D eigenvalue weighted by Crippen LogP contribution is -2.46. The second kappa shape index (κ2) is 10.1. The van der Waals surface area contributed by atoms with Crippen LogP contribution in [0.15, 0.2) is 12.7 Å². The summed E-state index contributed by atoms with van der Waals surface area (Å²) in [6.07, 6.45) is 1.51. The molecule has 0 spiro atoms. The van der Waals surface area contributed by atoms with Gasteiger partial charge >= 0.3 is 6.03 Å². The van der Waals surface area contributed by atoms with E-state index in [0.29, 0.717) is 13.1 Å². The van der Waals surface area contributed by atoms with Crippen LogP contribution in [0.25, 0.3) is 0 Å². The van der Waals surface area contributed by atoms with Crippen molar-refractivity contribution >= 4 is 17.8 Å². The molecule has 0 atom stereocenters. The fraction of sp³-hybridized carbons (Fsp3) is 0.583. The van der Waals surface area contributed by atoms with Crippen molar-refractivity contribution in [1.29, 1.82) is 0 Å². The third-order valence-electron chi connectivity index (χ3n) is 2.22. The van der Waals surface area contributed by atoms with E-state index in [1.54, 1.807) is 4.90 Å². The SMILES string of the molecule is C=CCNC(=O)NC(=O)CN(CC)CC(=O)NCC. The van der Waals surface area contributed by atoms with E-state index < -0.39 is 11.9 Å². The highest BCUT2D eigenvalue weighted by atomic mass is 16.2. The van der Waals surface area contributed by atoms with E-state index in [1.807, 2.05) is 13.8 Å². The number of carbonyl (C=O) groups excluding carboxylic acids is 3. The van der Waals surface area contributed by atoms with E-state index in [-0.39, 0.29) is 25.5 Å². The van der Waals surface area contributed by atoms with Gasteiger partial charge < -0.3 is 10.6 Å². The highest BCUT2D eigenvalue weighted by molar-refractivity contribution is 5.95. The molecule has 0 unspecified atom stereocenters. The zero-order valence-electron chi connectivity index (χ0n) is 11.5. The summed E-state index contributed by atoms with van der Waals surface area (Å²) in [6.45, 7) is 8.61. The summed E-state index contributed by atoms with van der Waals surface area (Å²) in [5.41, 5.74) is 0. The molecule has 7 heteroatoms. The zero-order valence-corrected chi connectivity index (χ0v) is 11.5. The minimum atomic E-state index is -0.570. The summed E-state index contributed by atoms with van der Waals surface area (Å²) in [6, 6.07) is -0.570. The van der Waals surface area contributed by atoms with Gasteiger partial charge in [-0.25, -0.2) is 4.79 Å². The van der Waals surface area contributed by atoms with Gasteiger partial charge in [0.1, 0.15) is 0 Å². The Hall–Kier alpha value is -1.89. The lowest BCUT2D eigenvalue weighted by Gasteiger charge is -2.18. The van der Waals surface area contributed by atoms with E-state index in [4.69, 9.17) is 0 Å². The Morgan fingerprint density at radius 2 is 1.74 bits per heavy atom. The minimum Gasteiger partial charge on any atom is -0.355 e. The highest BCUT2D eigenvalue weighted by Crippen LogP contribution is 1.87. The van der Waals surface area contributed by atoms with Crippen molar-refractivity contribution < 1.29 is 14.4 Å². The summed E-state index contributed by atoms with van der Waals surface area (Å²) < 4.78 is 0. The summed E-state index contributed by atoms with van der Waals surface area (Å²) in [7, 11) is 0. The van der Waals surface area contributed by atoms with E-state index >= 15 is 0 Å². The van der Waals surface area contributed by atoms with Crippen LogP contribution in [0.2, 0.25) is 0 Å². The van der Waals surface area contributed by atoms with Gasteiger partial charge in [0, 0.05) is 13.1 Å². The van der Waals surface area contributed by atoms with Gasteiger partial charge in [0.05, 0.1) is 13.1 Å². The average Bonchev–Trinajstić information content (AvgIpc) is 2.35. The number of nitrogens with zero attached hydrogens (tertiary/aromatic N) is 1. The largest absolute Gasteiger partial charge is 0.355 e.